The largest absolute Gasteiger partial charge is 0.351 e. The van der Waals surface area contributed by atoms with Crippen molar-refractivity contribution in [1.29, 1.82) is 0 Å². The van der Waals surface area contributed by atoms with Gasteiger partial charge in [-0.1, -0.05) is 36.4 Å². The fourth-order valence-corrected chi connectivity index (χ4v) is 5.56. The van der Waals surface area contributed by atoms with Crippen LogP contribution >= 0.6 is 22.7 Å². The molecule has 31 heavy (non-hydrogen) atoms. The first-order valence-corrected chi connectivity index (χ1v) is 12.1. The Balaban J connectivity index is 1.38. The lowest BCUT2D eigenvalue weighted by Crippen LogP contribution is -2.43. The van der Waals surface area contributed by atoms with Gasteiger partial charge >= 0.3 is 0 Å². The van der Waals surface area contributed by atoms with Crippen LogP contribution in [0.5, 0.6) is 0 Å². The highest BCUT2D eigenvalue weighted by Gasteiger charge is 2.27. The monoisotopic (exact) mass is 450 g/mol. The predicted molar refractivity (Wildman–Crippen MR) is 127 cm³/mol. The molecule has 2 N–H and O–H groups in total. The second kappa shape index (κ2) is 8.64. The van der Waals surface area contributed by atoms with Gasteiger partial charge in [0.05, 0.1) is 18.0 Å². The summed E-state index contributed by atoms with van der Waals surface area (Å²) in [6.07, 6.45) is 1.72. The zero-order valence-corrected chi connectivity index (χ0v) is 18.5. The quantitative estimate of drug-likeness (QED) is 0.477. The van der Waals surface area contributed by atoms with Gasteiger partial charge in [0, 0.05) is 28.9 Å². The molecule has 4 aromatic rings. The molecule has 5 rings (SSSR count). The van der Waals surface area contributed by atoms with Crippen molar-refractivity contribution in [3.05, 3.63) is 68.5 Å². The highest BCUT2D eigenvalue weighted by Crippen LogP contribution is 2.32. The zero-order chi connectivity index (χ0) is 21.2. The molecule has 1 aromatic carbocycles. The number of thiophene rings is 2. The molecule has 158 valence electrons. The van der Waals surface area contributed by atoms with Gasteiger partial charge in [-0.15, -0.1) is 22.7 Å². The lowest BCUT2D eigenvalue weighted by atomic mass is 9.97. The van der Waals surface area contributed by atoms with E-state index in [2.05, 4.69) is 10.3 Å². The third kappa shape index (κ3) is 4.13. The number of H-pyrrole nitrogens is 1. The topological polar surface area (TPSA) is 78.1 Å². The number of rotatable bonds is 5. The molecule has 0 spiro atoms. The average Bonchev–Trinajstić information content (AvgIpc) is 3.48. The molecule has 4 heterocycles. The van der Waals surface area contributed by atoms with Crippen molar-refractivity contribution < 1.29 is 4.79 Å². The molecular formula is C23H22N4O2S2. The Hall–Kier alpha value is -2.97. The van der Waals surface area contributed by atoms with E-state index in [9.17, 15) is 9.59 Å². The van der Waals surface area contributed by atoms with E-state index in [1.807, 2.05) is 58.1 Å². The van der Waals surface area contributed by atoms with Gasteiger partial charge in [0.1, 0.15) is 4.70 Å². The number of nitrogens with one attached hydrogen (secondary N) is 2. The standard InChI is InChI=1S/C23H22N4O2S2/c28-21(24-12-17-9-5-11-30-17)16-8-4-10-27(13-16)23-25-19-18(15-6-2-1-3-7-15)14-31-20(19)22(29)26-23/h1-3,5-7,9,11,14,16H,4,8,10,12-13H2,(H,24,28)(H,25,26,29)/t16-/m0/s1. The van der Waals surface area contributed by atoms with Gasteiger partial charge in [-0.05, 0) is 29.9 Å². The molecule has 0 aliphatic carbocycles. The van der Waals surface area contributed by atoms with Crippen LogP contribution in [0.2, 0.25) is 0 Å². The lowest BCUT2D eigenvalue weighted by molar-refractivity contribution is -0.125. The van der Waals surface area contributed by atoms with E-state index in [1.165, 1.54) is 11.3 Å². The lowest BCUT2D eigenvalue weighted by Gasteiger charge is -2.32. The molecule has 1 aliphatic heterocycles. The summed E-state index contributed by atoms with van der Waals surface area (Å²) in [5, 5.41) is 7.05. The smallest absolute Gasteiger partial charge is 0.270 e. The number of benzene rings is 1. The number of nitrogens with zero attached hydrogens (tertiary/aromatic N) is 2. The van der Waals surface area contributed by atoms with Gasteiger partial charge in [0.2, 0.25) is 11.9 Å². The van der Waals surface area contributed by atoms with E-state index in [4.69, 9.17) is 4.98 Å². The Labute approximate surface area is 187 Å². The Kier molecular flexibility index (Phi) is 5.57. The maximum atomic E-state index is 12.7. The second-order valence-electron chi connectivity index (χ2n) is 7.67. The van der Waals surface area contributed by atoms with Crippen LogP contribution in [0.4, 0.5) is 5.95 Å². The number of fused-ring (bicyclic) bond motifs is 1. The van der Waals surface area contributed by atoms with Gasteiger partial charge < -0.3 is 10.2 Å². The zero-order valence-electron chi connectivity index (χ0n) is 16.8. The van der Waals surface area contributed by atoms with Gasteiger partial charge in [0.25, 0.3) is 5.56 Å². The molecule has 0 bridgehead atoms. The van der Waals surface area contributed by atoms with Crippen molar-refractivity contribution in [3.8, 4) is 11.1 Å². The molecule has 1 aliphatic rings. The maximum Gasteiger partial charge on any atom is 0.270 e. The van der Waals surface area contributed by atoms with E-state index in [0.29, 0.717) is 23.7 Å². The number of carbonyl (C=O) groups excluding carboxylic acids is 1. The number of piperidine rings is 1. The minimum Gasteiger partial charge on any atom is -0.351 e. The SMILES string of the molecule is O=C(NCc1cccs1)[C@H]1CCCN(c2nc3c(-c4ccccc4)csc3c(=O)[nH]2)C1. The van der Waals surface area contributed by atoms with Gasteiger partial charge in [-0.3, -0.25) is 14.6 Å². The summed E-state index contributed by atoms with van der Waals surface area (Å²) in [6.45, 7) is 1.88. The molecule has 1 amide bonds. The summed E-state index contributed by atoms with van der Waals surface area (Å²) in [5.74, 6) is 0.483. The van der Waals surface area contributed by atoms with Crippen LogP contribution in [0.3, 0.4) is 0 Å². The number of amides is 1. The molecule has 1 saturated heterocycles. The van der Waals surface area contributed by atoms with Gasteiger partial charge in [0.15, 0.2) is 0 Å². The molecular weight excluding hydrogens is 428 g/mol. The molecule has 0 radical (unpaired) electrons. The van der Waals surface area contributed by atoms with Crippen LogP contribution in [0.25, 0.3) is 21.3 Å². The Morgan fingerprint density at radius 2 is 2.06 bits per heavy atom. The Bertz CT molecular complexity index is 1250. The number of anilines is 1. The summed E-state index contributed by atoms with van der Waals surface area (Å²) in [7, 11) is 0. The number of hydrogen-bond donors (Lipinski definition) is 2. The van der Waals surface area contributed by atoms with Crippen molar-refractivity contribution in [2.75, 3.05) is 18.0 Å². The fraction of sp³-hybridized carbons (Fsp3) is 0.261. The summed E-state index contributed by atoms with van der Waals surface area (Å²) < 4.78 is 0.629. The Morgan fingerprint density at radius 3 is 2.87 bits per heavy atom. The predicted octanol–water partition coefficient (Wildman–Crippen LogP) is 4.25. The van der Waals surface area contributed by atoms with Crippen LogP contribution in [-0.2, 0) is 11.3 Å². The Morgan fingerprint density at radius 1 is 1.19 bits per heavy atom. The maximum absolute atomic E-state index is 12.7. The first-order chi connectivity index (χ1) is 15.2. The third-order valence-electron chi connectivity index (χ3n) is 5.61. The normalized spacial score (nSPS) is 16.5. The van der Waals surface area contributed by atoms with Crippen LogP contribution in [-0.4, -0.2) is 29.0 Å². The molecule has 6 nitrogen and oxygen atoms in total. The summed E-state index contributed by atoms with van der Waals surface area (Å²) >= 11 is 3.05. The first kappa shape index (κ1) is 20.0. The highest BCUT2D eigenvalue weighted by atomic mass is 32.1. The van der Waals surface area contributed by atoms with Crippen LogP contribution in [0, 0.1) is 5.92 Å². The molecule has 8 heteroatoms. The summed E-state index contributed by atoms with van der Waals surface area (Å²) in [6, 6.07) is 14.0. The average molecular weight is 451 g/mol. The van der Waals surface area contributed by atoms with Crippen molar-refractivity contribution in [2.24, 2.45) is 5.92 Å². The van der Waals surface area contributed by atoms with Crippen molar-refractivity contribution in [3.63, 3.8) is 0 Å². The first-order valence-electron chi connectivity index (χ1n) is 10.3. The van der Waals surface area contributed by atoms with Crippen LogP contribution in [0.1, 0.15) is 17.7 Å². The van der Waals surface area contributed by atoms with E-state index in [-0.39, 0.29) is 17.4 Å². The highest BCUT2D eigenvalue weighted by molar-refractivity contribution is 7.17. The fourth-order valence-electron chi connectivity index (χ4n) is 4.00. The third-order valence-corrected chi connectivity index (χ3v) is 7.45. The second-order valence-corrected chi connectivity index (χ2v) is 9.58. The van der Waals surface area contributed by atoms with Gasteiger partial charge in [-0.25, -0.2) is 4.98 Å². The van der Waals surface area contributed by atoms with Crippen molar-refractivity contribution >= 4 is 44.7 Å². The molecule has 0 unspecified atom stereocenters. The van der Waals surface area contributed by atoms with Crippen LogP contribution in [0.15, 0.2) is 58.0 Å². The van der Waals surface area contributed by atoms with Gasteiger partial charge in [-0.2, -0.15) is 0 Å². The van der Waals surface area contributed by atoms with E-state index >= 15 is 0 Å². The van der Waals surface area contributed by atoms with Crippen LogP contribution < -0.4 is 15.8 Å². The number of hydrogen-bond acceptors (Lipinski definition) is 6. The molecule has 1 atom stereocenters. The molecule has 3 aromatic heterocycles. The molecule has 0 saturated carbocycles. The number of aromatic nitrogens is 2. The number of carbonyl (C=O) groups is 1. The number of aromatic amines is 1. The van der Waals surface area contributed by atoms with E-state index in [0.717, 1.165) is 40.9 Å². The van der Waals surface area contributed by atoms with E-state index < -0.39 is 0 Å². The molecule has 1 fully saturated rings. The van der Waals surface area contributed by atoms with Crippen molar-refractivity contribution in [1.82, 2.24) is 15.3 Å². The minimum absolute atomic E-state index is 0.0574. The minimum atomic E-state index is -0.128. The van der Waals surface area contributed by atoms with E-state index in [1.54, 1.807) is 11.3 Å². The summed E-state index contributed by atoms with van der Waals surface area (Å²) in [4.78, 5) is 36.4. The van der Waals surface area contributed by atoms with Crippen molar-refractivity contribution in [2.45, 2.75) is 19.4 Å². The summed E-state index contributed by atoms with van der Waals surface area (Å²) in [5.41, 5.74) is 2.60.